The number of thiophene rings is 1. The number of hydrogen-bond acceptors (Lipinski definition) is 6. The number of amides is 2. The van der Waals surface area contributed by atoms with Crippen molar-refractivity contribution in [2.45, 2.75) is 23.5 Å². The number of carbonyl (C=O) groups excluding carboxylic acids is 2. The minimum absolute atomic E-state index is 0.218. The fraction of sp³-hybridized carbons (Fsp3) is 0.120. The van der Waals surface area contributed by atoms with Gasteiger partial charge in [-0.2, -0.15) is 5.26 Å². The maximum Gasteiger partial charge on any atom is 0.328 e. The summed E-state index contributed by atoms with van der Waals surface area (Å²) in [6, 6.07) is 18.7. The summed E-state index contributed by atoms with van der Waals surface area (Å²) in [6.07, 6.45) is 2.24. The van der Waals surface area contributed by atoms with Crippen LogP contribution in [-0.4, -0.2) is 28.1 Å². The highest BCUT2D eigenvalue weighted by Crippen LogP contribution is 2.36. The summed E-state index contributed by atoms with van der Waals surface area (Å²) in [5.74, 6) is -1.99. The molecule has 2 aromatic carbocycles. The number of anilines is 2. The van der Waals surface area contributed by atoms with Gasteiger partial charge in [0.05, 0.1) is 10.8 Å². The van der Waals surface area contributed by atoms with Crippen LogP contribution in [-0.2, 0) is 14.4 Å². The molecule has 0 aliphatic carbocycles. The molecular formula is C25H21N3O4S2. The summed E-state index contributed by atoms with van der Waals surface area (Å²) in [5, 5.41) is 25.8. The first kappa shape index (κ1) is 24.8. The maximum absolute atomic E-state index is 13.0. The van der Waals surface area contributed by atoms with Crippen LogP contribution in [0.25, 0.3) is 11.1 Å². The van der Waals surface area contributed by atoms with Crippen molar-refractivity contribution in [2.75, 3.05) is 10.6 Å². The van der Waals surface area contributed by atoms with Crippen LogP contribution in [0.3, 0.4) is 0 Å². The van der Waals surface area contributed by atoms with Crippen LogP contribution in [0.5, 0.6) is 0 Å². The maximum atomic E-state index is 13.0. The number of benzene rings is 2. The molecule has 1 unspecified atom stereocenters. The Morgan fingerprint density at radius 3 is 2.56 bits per heavy atom. The van der Waals surface area contributed by atoms with E-state index in [0.29, 0.717) is 22.7 Å². The van der Waals surface area contributed by atoms with Gasteiger partial charge in [-0.1, -0.05) is 43.3 Å². The van der Waals surface area contributed by atoms with Gasteiger partial charge in [0.25, 0.3) is 0 Å². The molecule has 0 aliphatic rings. The predicted molar refractivity (Wildman–Crippen MR) is 135 cm³/mol. The fourth-order valence-corrected chi connectivity index (χ4v) is 4.98. The Kier molecular flexibility index (Phi) is 8.62. The second kappa shape index (κ2) is 11.8. The first-order chi connectivity index (χ1) is 16.4. The number of nitrogens with one attached hydrogen (secondary N) is 2. The fourth-order valence-electron chi connectivity index (χ4n) is 3.05. The van der Waals surface area contributed by atoms with E-state index < -0.39 is 17.1 Å². The highest BCUT2D eigenvalue weighted by Gasteiger charge is 2.22. The second-order valence-corrected chi connectivity index (χ2v) is 9.18. The van der Waals surface area contributed by atoms with Gasteiger partial charge in [0, 0.05) is 33.7 Å². The number of carboxylic acids is 1. The number of carbonyl (C=O) groups is 3. The van der Waals surface area contributed by atoms with Crippen molar-refractivity contribution in [1.29, 1.82) is 5.26 Å². The van der Waals surface area contributed by atoms with Crippen molar-refractivity contribution < 1.29 is 19.5 Å². The number of nitrogens with zero attached hydrogens (tertiary/aromatic N) is 1. The monoisotopic (exact) mass is 491 g/mol. The van der Waals surface area contributed by atoms with Gasteiger partial charge in [-0.25, -0.2) is 4.79 Å². The first-order valence-corrected chi connectivity index (χ1v) is 12.0. The number of rotatable bonds is 9. The molecule has 3 aromatic rings. The minimum Gasteiger partial charge on any atom is -0.478 e. The van der Waals surface area contributed by atoms with Gasteiger partial charge in [-0.15, -0.1) is 23.1 Å². The van der Waals surface area contributed by atoms with Crippen LogP contribution in [0.4, 0.5) is 10.7 Å². The summed E-state index contributed by atoms with van der Waals surface area (Å²) in [7, 11) is 0. The summed E-state index contributed by atoms with van der Waals surface area (Å²) >= 11 is 2.65. The van der Waals surface area contributed by atoms with Crippen LogP contribution in [0, 0.1) is 11.3 Å². The molecule has 3 N–H and O–H groups in total. The summed E-state index contributed by atoms with van der Waals surface area (Å²) in [5.41, 5.74) is 2.61. The number of nitriles is 1. The lowest BCUT2D eigenvalue weighted by Gasteiger charge is -2.15. The van der Waals surface area contributed by atoms with Crippen LogP contribution in [0.2, 0.25) is 0 Å². The molecule has 1 aromatic heterocycles. The van der Waals surface area contributed by atoms with Crippen molar-refractivity contribution in [3.8, 4) is 17.2 Å². The van der Waals surface area contributed by atoms with Crippen molar-refractivity contribution >= 4 is 51.6 Å². The molecule has 1 heterocycles. The van der Waals surface area contributed by atoms with E-state index in [4.69, 9.17) is 5.11 Å². The summed E-state index contributed by atoms with van der Waals surface area (Å²) in [6.45, 7) is 1.90. The third kappa shape index (κ3) is 6.57. The van der Waals surface area contributed by atoms with E-state index in [0.717, 1.165) is 28.2 Å². The van der Waals surface area contributed by atoms with Crippen molar-refractivity contribution in [1.82, 2.24) is 0 Å². The highest BCUT2D eigenvalue weighted by molar-refractivity contribution is 8.00. The molecule has 0 aliphatic heterocycles. The molecule has 172 valence electrons. The normalized spacial score (nSPS) is 11.5. The van der Waals surface area contributed by atoms with Crippen molar-refractivity contribution in [3.05, 3.63) is 77.7 Å². The van der Waals surface area contributed by atoms with Crippen molar-refractivity contribution in [2.24, 2.45) is 0 Å². The molecule has 7 nitrogen and oxygen atoms in total. The van der Waals surface area contributed by atoms with Gasteiger partial charge >= 0.3 is 5.97 Å². The van der Waals surface area contributed by atoms with Gasteiger partial charge in [0.2, 0.25) is 11.8 Å². The summed E-state index contributed by atoms with van der Waals surface area (Å²) in [4.78, 5) is 36.1. The molecular weight excluding hydrogens is 470 g/mol. The zero-order valence-electron chi connectivity index (χ0n) is 18.1. The third-order valence-corrected chi connectivity index (χ3v) is 6.90. The van der Waals surface area contributed by atoms with E-state index >= 15 is 0 Å². The van der Waals surface area contributed by atoms with Gasteiger partial charge in [0.15, 0.2) is 0 Å². The lowest BCUT2D eigenvalue weighted by molar-refractivity contribution is -0.131. The van der Waals surface area contributed by atoms with E-state index in [1.54, 1.807) is 18.2 Å². The average Bonchev–Trinajstić information content (AvgIpc) is 3.24. The molecule has 0 saturated carbocycles. The van der Waals surface area contributed by atoms with Gasteiger partial charge in [0.1, 0.15) is 11.1 Å². The van der Waals surface area contributed by atoms with E-state index in [2.05, 4.69) is 16.7 Å². The predicted octanol–water partition coefficient (Wildman–Crippen LogP) is 5.38. The Labute approximate surface area is 205 Å². The Morgan fingerprint density at radius 1 is 1.12 bits per heavy atom. The Bertz CT molecular complexity index is 1260. The van der Waals surface area contributed by atoms with Crippen LogP contribution >= 0.6 is 23.1 Å². The molecule has 3 rings (SSSR count). The molecule has 0 bridgehead atoms. The molecule has 0 spiro atoms. The zero-order chi connectivity index (χ0) is 24.5. The molecule has 1 atom stereocenters. The van der Waals surface area contributed by atoms with Crippen LogP contribution in [0.15, 0.2) is 77.0 Å². The Balaban J connectivity index is 1.70. The first-order valence-electron chi connectivity index (χ1n) is 10.3. The zero-order valence-corrected chi connectivity index (χ0v) is 19.8. The molecule has 0 radical (unpaired) electrons. The van der Waals surface area contributed by atoms with Gasteiger partial charge in [-0.05, 0) is 30.2 Å². The van der Waals surface area contributed by atoms with Gasteiger partial charge in [-0.3, -0.25) is 9.59 Å². The lowest BCUT2D eigenvalue weighted by atomic mass is 10.1. The highest BCUT2D eigenvalue weighted by atomic mass is 32.2. The average molecular weight is 492 g/mol. The topological polar surface area (TPSA) is 119 Å². The number of carboxylic acid groups (broad SMARTS) is 1. The molecule has 2 amide bonds. The smallest absolute Gasteiger partial charge is 0.328 e. The van der Waals surface area contributed by atoms with Gasteiger partial charge < -0.3 is 15.7 Å². The van der Waals surface area contributed by atoms with Crippen molar-refractivity contribution in [3.63, 3.8) is 0 Å². The molecule has 0 saturated heterocycles. The Morgan fingerprint density at radius 2 is 1.88 bits per heavy atom. The Hall–Kier alpha value is -3.87. The lowest BCUT2D eigenvalue weighted by Crippen LogP contribution is -2.24. The number of thioether (sulfide) groups is 1. The summed E-state index contributed by atoms with van der Waals surface area (Å²) < 4.78 is 0. The largest absolute Gasteiger partial charge is 0.478 e. The third-order valence-electron chi connectivity index (χ3n) is 4.64. The van der Waals surface area contributed by atoms with E-state index in [9.17, 15) is 19.6 Å². The van der Waals surface area contributed by atoms with Crippen LogP contribution in [0.1, 0.15) is 18.9 Å². The van der Waals surface area contributed by atoms with E-state index in [1.807, 2.05) is 48.7 Å². The molecule has 0 fully saturated rings. The molecule has 9 heteroatoms. The standard InChI is InChI=1S/C25H21N3O4S2/c1-2-21(34-18-10-6-9-17(13-18)27-22(29)11-12-23(30)31)24(32)28-25-19(14-26)20(15-33-25)16-7-4-3-5-8-16/h3-13,15,21H,2H2,1H3,(H,27,29)(H,28,32)(H,30,31)/b12-11+. The minimum atomic E-state index is -1.21. The second-order valence-electron chi connectivity index (χ2n) is 7.02. The molecule has 34 heavy (non-hydrogen) atoms. The number of hydrogen-bond donors (Lipinski definition) is 3. The van der Waals surface area contributed by atoms with E-state index in [1.165, 1.54) is 23.1 Å². The SMILES string of the molecule is CCC(Sc1cccc(NC(=O)/C=C/C(=O)O)c1)C(=O)Nc1scc(-c2ccccc2)c1C#N. The van der Waals surface area contributed by atoms with E-state index in [-0.39, 0.29) is 5.91 Å². The quantitative estimate of drug-likeness (QED) is 0.273. The number of aliphatic carboxylic acids is 1. The van der Waals surface area contributed by atoms with Crippen LogP contribution < -0.4 is 10.6 Å².